The molecule has 1 saturated heterocycles. The Hall–Kier alpha value is -0.120. The Morgan fingerprint density at radius 2 is 2.42 bits per heavy atom. The van der Waals surface area contributed by atoms with Crippen LogP contribution in [0.3, 0.4) is 0 Å². The molecule has 0 spiro atoms. The molecule has 1 aliphatic heterocycles. The molecule has 1 rings (SSSR count). The molecule has 2 atom stereocenters. The molecule has 72 valence electrons. The van der Waals surface area contributed by atoms with Gasteiger partial charge in [-0.3, -0.25) is 0 Å². The molecule has 1 aliphatic rings. The number of nitrogens with zero attached hydrogens (tertiary/aromatic N) is 1. The maximum Gasteiger partial charge on any atom is 0.0553 e. The third-order valence-corrected chi connectivity index (χ3v) is 2.49. The van der Waals surface area contributed by atoms with Gasteiger partial charge in [-0.05, 0) is 19.9 Å². The summed E-state index contributed by atoms with van der Waals surface area (Å²) in [6, 6.07) is 0.485. The second-order valence-corrected chi connectivity index (χ2v) is 3.71. The van der Waals surface area contributed by atoms with Gasteiger partial charge in [0.05, 0.1) is 6.10 Å². The van der Waals surface area contributed by atoms with Gasteiger partial charge in [-0.2, -0.15) is 0 Å². The Morgan fingerprint density at radius 3 is 3.00 bits per heavy atom. The van der Waals surface area contributed by atoms with Crippen LogP contribution in [0.15, 0.2) is 0 Å². The van der Waals surface area contributed by atoms with Gasteiger partial charge in [0.25, 0.3) is 0 Å². The van der Waals surface area contributed by atoms with E-state index in [0.717, 1.165) is 32.5 Å². The number of likely N-dealkylation sites (N-methyl/N-ethyl adjacent to an activating group) is 1. The highest BCUT2D eigenvalue weighted by Crippen LogP contribution is 2.05. The summed E-state index contributed by atoms with van der Waals surface area (Å²) in [5, 5.41) is 12.9. The summed E-state index contributed by atoms with van der Waals surface area (Å²) in [6.07, 6.45) is 1.62. The summed E-state index contributed by atoms with van der Waals surface area (Å²) in [5.74, 6) is 0. The summed E-state index contributed by atoms with van der Waals surface area (Å²) in [7, 11) is 2.13. The lowest BCUT2D eigenvalue weighted by atomic mass is 10.1. The van der Waals surface area contributed by atoms with Crippen LogP contribution < -0.4 is 5.32 Å². The first-order valence-corrected chi connectivity index (χ1v) is 4.82. The predicted octanol–water partition coefficient (Wildman–Crippen LogP) is 0.0510. The minimum Gasteiger partial charge on any atom is -0.393 e. The SMILES string of the molecule is CCC(O)CC1CN(C)CCN1. The molecule has 0 saturated carbocycles. The molecule has 12 heavy (non-hydrogen) atoms. The monoisotopic (exact) mass is 172 g/mol. The van der Waals surface area contributed by atoms with E-state index in [1.165, 1.54) is 0 Å². The lowest BCUT2D eigenvalue weighted by Gasteiger charge is -2.31. The van der Waals surface area contributed by atoms with Crippen molar-refractivity contribution in [3.05, 3.63) is 0 Å². The van der Waals surface area contributed by atoms with Crippen LogP contribution >= 0.6 is 0 Å². The van der Waals surface area contributed by atoms with E-state index >= 15 is 0 Å². The topological polar surface area (TPSA) is 35.5 Å². The smallest absolute Gasteiger partial charge is 0.0553 e. The summed E-state index contributed by atoms with van der Waals surface area (Å²) in [5.41, 5.74) is 0. The number of rotatable bonds is 3. The van der Waals surface area contributed by atoms with Crippen molar-refractivity contribution in [2.24, 2.45) is 0 Å². The first-order valence-electron chi connectivity index (χ1n) is 4.82. The molecule has 0 radical (unpaired) electrons. The molecule has 0 aromatic carbocycles. The van der Waals surface area contributed by atoms with Gasteiger partial charge in [-0.15, -0.1) is 0 Å². The zero-order valence-electron chi connectivity index (χ0n) is 8.08. The molecule has 1 heterocycles. The van der Waals surface area contributed by atoms with Gasteiger partial charge in [0.15, 0.2) is 0 Å². The Labute approximate surface area is 74.8 Å². The molecule has 3 nitrogen and oxygen atoms in total. The highest BCUT2D eigenvalue weighted by Gasteiger charge is 2.18. The predicted molar refractivity (Wildman–Crippen MR) is 50.2 cm³/mol. The number of aliphatic hydroxyl groups excluding tert-OH is 1. The standard InChI is InChI=1S/C9H20N2O/c1-3-9(12)6-8-7-11(2)5-4-10-8/h8-10,12H,3-7H2,1-2H3. The fourth-order valence-electron chi connectivity index (χ4n) is 1.64. The summed E-state index contributed by atoms with van der Waals surface area (Å²) in [4.78, 5) is 2.31. The van der Waals surface area contributed by atoms with Gasteiger partial charge in [0, 0.05) is 25.7 Å². The fraction of sp³-hybridized carbons (Fsp3) is 1.00. The Balaban J connectivity index is 2.22. The maximum absolute atomic E-state index is 9.44. The number of hydrogen-bond acceptors (Lipinski definition) is 3. The normalized spacial score (nSPS) is 28.8. The Morgan fingerprint density at radius 1 is 1.67 bits per heavy atom. The van der Waals surface area contributed by atoms with Gasteiger partial charge in [-0.25, -0.2) is 0 Å². The minimum atomic E-state index is -0.131. The van der Waals surface area contributed by atoms with Crippen molar-refractivity contribution in [3.8, 4) is 0 Å². The van der Waals surface area contributed by atoms with Crippen molar-refractivity contribution in [2.75, 3.05) is 26.7 Å². The van der Waals surface area contributed by atoms with Crippen LogP contribution in [0.2, 0.25) is 0 Å². The van der Waals surface area contributed by atoms with Gasteiger partial charge >= 0.3 is 0 Å². The maximum atomic E-state index is 9.44. The number of piperazine rings is 1. The molecular formula is C9H20N2O. The van der Waals surface area contributed by atoms with E-state index in [2.05, 4.69) is 17.3 Å². The van der Waals surface area contributed by atoms with Crippen LogP contribution in [-0.4, -0.2) is 48.8 Å². The molecule has 0 aliphatic carbocycles. The van der Waals surface area contributed by atoms with Gasteiger partial charge < -0.3 is 15.3 Å². The third kappa shape index (κ3) is 3.09. The Bertz CT molecular complexity index is 130. The minimum absolute atomic E-state index is 0.131. The van der Waals surface area contributed by atoms with Crippen molar-refractivity contribution < 1.29 is 5.11 Å². The van der Waals surface area contributed by atoms with E-state index in [0.29, 0.717) is 6.04 Å². The Kier molecular flexibility index (Phi) is 3.98. The fourth-order valence-corrected chi connectivity index (χ4v) is 1.64. The number of aliphatic hydroxyl groups is 1. The molecule has 2 unspecified atom stereocenters. The first kappa shape index (κ1) is 9.96. The number of hydrogen-bond donors (Lipinski definition) is 2. The van der Waals surface area contributed by atoms with E-state index < -0.39 is 0 Å². The van der Waals surface area contributed by atoms with Crippen LogP contribution in [0.4, 0.5) is 0 Å². The number of nitrogens with one attached hydrogen (secondary N) is 1. The van der Waals surface area contributed by atoms with Crippen molar-refractivity contribution in [3.63, 3.8) is 0 Å². The van der Waals surface area contributed by atoms with Crippen molar-refractivity contribution >= 4 is 0 Å². The highest BCUT2D eigenvalue weighted by molar-refractivity contribution is 4.78. The molecule has 2 N–H and O–H groups in total. The lowest BCUT2D eigenvalue weighted by Crippen LogP contribution is -2.50. The van der Waals surface area contributed by atoms with E-state index in [1.807, 2.05) is 6.92 Å². The van der Waals surface area contributed by atoms with Crippen molar-refractivity contribution in [1.29, 1.82) is 0 Å². The van der Waals surface area contributed by atoms with Crippen molar-refractivity contribution in [1.82, 2.24) is 10.2 Å². The average molecular weight is 172 g/mol. The van der Waals surface area contributed by atoms with E-state index in [-0.39, 0.29) is 6.10 Å². The highest BCUT2D eigenvalue weighted by atomic mass is 16.3. The van der Waals surface area contributed by atoms with E-state index in [9.17, 15) is 5.11 Å². The summed E-state index contributed by atoms with van der Waals surface area (Å²) in [6.45, 7) is 5.27. The zero-order valence-corrected chi connectivity index (χ0v) is 8.08. The van der Waals surface area contributed by atoms with Crippen LogP contribution in [0.5, 0.6) is 0 Å². The second-order valence-electron chi connectivity index (χ2n) is 3.71. The van der Waals surface area contributed by atoms with Crippen molar-refractivity contribution in [2.45, 2.75) is 31.9 Å². The van der Waals surface area contributed by atoms with E-state index in [1.54, 1.807) is 0 Å². The molecule has 0 bridgehead atoms. The molecule has 3 heteroatoms. The molecule has 1 fully saturated rings. The first-order chi connectivity index (χ1) is 5.72. The van der Waals surface area contributed by atoms with Crippen LogP contribution in [0.25, 0.3) is 0 Å². The lowest BCUT2D eigenvalue weighted by molar-refractivity contribution is 0.124. The van der Waals surface area contributed by atoms with Crippen LogP contribution in [0, 0.1) is 0 Å². The van der Waals surface area contributed by atoms with Crippen LogP contribution in [0.1, 0.15) is 19.8 Å². The molecular weight excluding hydrogens is 152 g/mol. The molecule has 0 aromatic heterocycles. The quantitative estimate of drug-likeness (QED) is 0.631. The second kappa shape index (κ2) is 4.80. The third-order valence-electron chi connectivity index (χ3n) is 2.49. The molecule has 0 amide bonds. The molecule has 0 aromatic rings. The van der Waals surface area contributed by atoms with E-state index in [4.69, 9.17) is 0 Å². The van der Waals surface area contributed by atoms with Gasteiger partial charge in [0.1, 0.15) is 0 Å². The van der Waals surface area contributed by atoms with Gasteiger partial charge in [0.2, 0.25) is 0 Å². The largest absolute Gasteiger partial charge is 0.393 e. The summed E-state index contributed by atoms with van der Waals surface area (Å²) >= 11 is 0. The van der Waals surface area contributed by atoms with Gasteiger partial charge in [-0.1, -0.05) is 6.92 Å². The summed E-state index contributed by atoms with van der Waals surface area (Å²) < 4.78 is 0. The average Bonchev–Trinajstić information content (AvgIpc) is 2.04. The zero-order chi connectivity index (χ0) is 8.97. The van der Waals surface area contributed by atoms with Crippen LogP contribution in [-0.2, 0) is 0 Å².